The number of aliphatic hydroxyl groups is 1. The number of nitriles is 1. The van der Waals surface area contributed by atoms with E-state index in [-0.39, 0.29) is 35.4 Å². The molecule has 2 N–H and O–H groups in total. The average molecular weight is 668 g/mol. The molecule has 1 amide bonds. The molecule has 47 heavy (non-hydrogen) atoms. The molecule has 1 aromatic carbocycles. The summed E-state index contributed by atoms with van der Waals surface area (Å²) in [4.78, 5) is 22.8. The molecule has 0 bridgehead atoms. The number of aromatic nitrogens is 5. The number of anilines is 1. The summed E-state index contributed by atoms with van der Waals surface area (Å²) in [7, 11) is 0. The Morgan fingerprint density at radius 3 is 2.96 bits per heavy atom. The Bertz CT molecular complexity index is 1690. The van der Waals surface area contributed by atoms with Crippen molar-refractivity contribution in [1.29, 1.82) is 5.26 Å². The maximum atomic E-state index is 13.6. The van der Waals surface area contributed by atoms with Crippen LogP contribution in [0.1, 0.15) is 44.4 Å². The number of alkyl halides is 2. The smallest absolute Gasteiger partial charge is 0.387 e. The van der Waals surface area contributed by atoms with Gasteiger partial charge in [0.1, 0.15) is 18.0 Å². The standard InChI is InChI=1S/C32H39F2N9O3S/c1-3-11-41(14-6-13-40-12-4-7-22(17-35)19-40)28(44)21-42-20-26(38-31(45)25-18-37-43-15-5-10-36-30(25)43)29(39-42)24-16-23(47-2)8-9-27(24)46-32(33)34/h5,8-10,15-16,18,20,22,31-32,38,45H,3-4,6-7,11-14,19,21H2,1-2H3/t22-,31?/m0/s1. The Morgan fingerprint density at radius 1 is 1.34 bits per heavy atom. The van der Waals surface area contributed by atoms with Gasteiger partial charge < -0.3 is 25.0 Å². The molecular formula is C32H39F2N9O3S. The molecule has 1 aliphatic rings. The second-order valence-corrected chi connectivity index (χ2v) is 12.2. The van der Waals surface area contributed by atoms with Crippen molar-refractivity contribution in [2.24, 2.45) is 5.92 Å². The van der Waals surface area contributed by atoms with Crippen LogP contribution in [0.15, 0.2) is 53.9 Å². The number of amides is 1. The molecule has 4 aromatic rings. The average Bonchev–Trinajstić information content (AvgIpc) is 3.68. The number of thioether (sulfide) groups is 1. The molecule has 3 aromatic heterocycles. The number of rotatable bonds is 15. The highest BCUT2D eigenvalue weighted by atomic mass is 32.2. The Hall–Kier alpha value is -4.26. The normalized spacial score (nSPS) is 15.9. The van der Waals surface area contributed by atoms with Crippen molar-refractivity contribution in [3.05, 3.63) is 54.6 Å². The van der Waals surface area contributed by atoms with Crippen molar-refractivity contribution in [3.63, 3.8) is 0 Å². The quantitative estimate of drug-likeness (QED) is 0.133. The van der Waals surface area contributed by atoms with Crippen LogP contribution < -0.4 is 10.1 Å². The molecule has 12 nitrogen and oxygen atoms in total. The molecule has 15 heteroatoms. The lowest BCUT2D eigenvalue weighted by atomic mass is 10.00. The number of carbonyl (C=O) groups excluding carboxylic acids is 1. The molecule has 250 valence electrons. The van der Waals surface area contributed by atoms with Crippen LogP contribution in [0.5, 0.6) is 5.75 Å². The first-order valence-electron chi connectivity index (χ1n) is 15.6. The number of carbonyl (C=O) groups is 1. The summed E-state index contributed by atoms with van der Waals surface area (Å²) in [6.07, 6.45) is 10.4. The van der Waals surface area contributed by atoms with Crippen molar-refractivity contribution in [2.45, 2.75) is 56.9 Å². The third kappa shape index (κ3) is 8.56. The van der Waals surface area contributed by atoms with Gasteiger partial charge in [-0.3, -0.25) is 9.48 Å². The predicted molar refractivity (Wildman–Crippen MR) is 174 cm³/mol. The van der Waals surface area contributed by atoms with Gasteiger partial charge in [0.2, 0.25) is 5.91 Å². The molecule has 0 aliphatic carbocycles. The fourth-order valence-corrected chi connectivity index (χ4v) is 6.25. The third-order valence-electron chi connectivity index (χ3n) is 8.05. The zero-order valence-electron chi connectivity index (χ0n) is 26.4. The van der Waals surface area contributed by atoms with Gasteiger partial charge in [-0.2, -0.15) is 24.2 Å². The molecule has 0 saturated carbocycles. The number of piperidine rings is 1. The molecule has 5 rings (SSSR count). The van der Waals surface area contributed by atoms with E-state index in [4.69, 9.17) is 4.74 Å². The summed E-state index contributed by atoms with van der Waals surface area (Å²) in [6.45, 7) is 2.49. The minimum atomic E-state index is -3.07. The van der Waals surface area contributed by atoms with Gasteiger partial charge in [0.25, 0.3) is 0 Å². The SMILES string of the molecule is CCCN(CCCN1CCC[C@@H](C#N)C1)C(=O)Cn1cc(NC(O)c2cnn3cccnc23)c(-c2cc(SC)ccc2OC(F)F)n1. The summed E-state index contributed by atoms with van der Waals surface area (Å²) in [5.41, 5.74) is 1.64. The van der Waals surface area contributed by atoms with Gasteiger partial charge in [-0.1, -0.05) is 6.92 Å². The lowest BCUT2D eigenvalue weighted by Crippen LogP contribution is -2.39. The fourth-order valence-electron chi connectivity index (χ4n) is 5.81. The highest BCUT2D eigenvalue weighted by Crippen LogP contribution is 2.38. The maximum Gasteiger partial charge on any atom is 0.387 e. The zero-order valence-corrected chi connectivity index (χ0v) is 27.2. The van der Waals surface area contributed by atoms with E-state index in [1.54, 1.807) is 41.7 Å². The summed E-state index contributed by atoms with van der Waals surface area (Å²) < 4.78 is 34.7. The van der Waals surface area contributed by atoms with Crippen molar-refractivity contribution in [2.75, 3.05) is 44.3 Å². The molecular weight excluding hydrogens is 628 g/mol. The van der Waals surface area contributed by atoms with Crippen molar-refractivity contribution >= 4 is 29.0 Å². The number of benzene rings is 1. The predicted octanol–water partition coefficient (Wildman–Crippen LogP) is 4.88. The lowest BCUT2D eigenvalue weighted by Gasteiger charge is -2.30. The van der Waals surface area contributed by atoms with Crippen LogP contribution in [0.4, 0.5) is 14.5 Å². The fraction of sp³-hybridized carbons (Fsp3) is 0.469. The first-order valence-corrected chi connectivity index (χ1v) is 16.8. The Balaban J connectivity index is 1.40. The van der Waals surface area contributed by atoms with Crippen LogP contribution in [0.25, 0.3) is 16.9 Å². The van der Waals surface area contributed by atoms with Crippen molar-refractivity contribution < 1.29 is 23.4 Å². The van der Waals surface area contributed by atoms with Crippen molar-refractivity contribution in [1.82, 2.24) is 34.2 Å². The number of nitrogens with zero attached hydrogens (tertiary/aromatic N) is 8. The molecule has 1 saturated heterocycles. The van der Waals surface area contributed by atoms with E-state index >= 15 is 0 Å². The van der Waals surface area contributed by atoms with Gasteiger partial charge in [-0.05, 0) is 69.3 Å². The van der Waals surface area contributed by atoms with Crippen LogP contribution in [-0.4, -0.2) is 90.8 Å². The minimum absolute atomic E-state index is 0.0554. The monoisotopic (exact) mass is 667 g/mol. The first-order chi connectivity index (χ1) is 22.8. The number of aliphatic hydroxyl groups excluding tert-OH is 1. The van der Waals surface area contributed by atoms with E-state index in [2.05, 4.69) is 31.5 Å². The van der Waals surface area contributed by atoms with Gasteiger partial charge >= 0.3 is 6.61 Å². The van der Waals surface area contributed by atoms with E-state index < -0.39 is 12.8 Å². The van der Waals surface area contributed by atoms with E-state index in [0.29, 0.717) is 30.0 Å². The van der Waals surface area contributed by atoms with E-state index in [0.717, 1.165) is 50.2 Å². The number of likely N-dealkylation sites (tertiary alicyclic amines) is 1. The van der Waals surface area contributed by atoms with Gasteiger partial charge in [-0.15, -0.1) is 11.8 Å². The Morgan fingerprint density at radius 2 is 2.19 bits per heavy atom. The lowest BCUT2D eigenvalue weighted by molar-refractivity contribution is -0.132. The highest BCUT2D eigenvalue weighted by molar-refractivity contribution is 7.98. The van der Waals surface area contributed by atoms with E-state index in [1.165, 1.54) is 33.2 Å². The van der Waals surface area contributed by atoms with Crippen LogP contribution in [-0.2, 0) is 11.3 Å². The maximum absolute atomic E-state index is 13.6. The number of halogens is 2. The Labute approximate surface area is 276 Å². The Kier molecular flexibility index (Phi) is 11.6. The van der Waals surface area contributed by atoms with Crippen LogP contribution >= 0.6 is 11.8 Å². The van der Waals surface area contributed by atoms with Gasteiger partial charge in [0.15, 0.2) is 11.9 Å². The van der Waals surface area contributed by atoms with Gasteiger partial charge in [-0.25, -0.2) is 9.50 Å². The summed E-state index contributed by atoms with van der Waals surface area (Å²) in [5.74, 6) is -0.177. The van der Waals surface area contributed by atoms with E-state index in [9.17, 15) is 23.9 Å². The molecule has 0 spiro atoms. The number of nitrogens with one attached hydrogen (secondary N) is 1. The minimum Gasteiger partial charge on any atom is -0.434 e. The molecule has 0 radical (unpaired) electrons. The third-order valence-corrected chi connectivity index (χ3v) is 8.77. The second-order valence-electron chi connectivity index (χ2n) is 11.4. The zero-order chi connectivity index (χ0) is 33.3. The van der Waals surface area contributed by atoms with Gasteiger partial charge in [0, 0.05) is 48.7 Å². The topological polar surface area (TPSA) is 137 Å². The van der Waals surface area contributed by atoms with Crippen LogP contribution in [0.3, 0.4) is 0 Å². The van der Waals surface area contributed by atoms with Crippen LogP contribution in [0, 0.1) is 17.2 Å². The molecule has 1 aliphatic heterocycles. The number of hydrogen-bond donors (Lipinski definition) is 2. The molecule has 2 atom stereocenters. The highest BCUT2D eigenvalue weighted by Gasteiger charge is 2.24. The van der Waals surface area contributed by atoms with Crippen molar-refractivity contribution in [3.8, 4) is 23.1 Å². The summed E-state index contributed by atoms with van der Waals surface area (Å²) in [6, 6.07) is 8.90. The second kappa shape index (κ2) is 16.0. The number of ether oxygens (including phenoxy) is 1. The summed E-state index contributed by atoms with van der Waals surface area (Å²) in [5, 5.41) is 32.5. The number of hydrogen-bond acceptors (Lipinski definition) is 10. The summed E-state index contributed by atoms with van der Waals surface area (Å²) >= 11 is 1.42. The first kappa shape index (κ1) is 34.1. The molecule has 1 unspecified atom stereocenters. The number of fused-ring (bicyclic) bond motifs is 1. The van der Waals surface area contributed by atoms with E-state index in [1.807, 2.05) is 13.2 Å². The van der Waals surface area contributed by atoms with Gasteiger partial charge in [0.05, 0.1) is 29.4 Å². The molecule has 1 fully saturated rings. The largest absolute Gasteiger partial charge is 0.434 e. The molecule has 4 heterocycles. The van der Waals surface area contributed by atoms with Crippen LogP contribution in [0.2, 0.25) is 0 Å².